The van der Waals surface area contributed by atoms with Crippen LogP contribution in [-0.2, 0) is 11.2 Å². The minimum absolute atomic E-state index is 0.229. The Labute approximate surface area is 120 Å². The van der Waals surface area contributed by atoms with Gasteiger partial charge in [0.25, 0.3) is 0 Å². The van der Waals surface area contributed by atoms with E-state index in [-0.39, 0.29) is 6.10 Å². The molecule has 0 saturated heterocycles. The first-order chi connectivity index (χ1) is 8.56. The molecular weight excluding hydrogens is 269 g/mol. The number of methoxy groups -OCH3 is 1. The molecule has 0 saturated carbocycles. The van der Waals surface area contributed by atoms with Gasteiger partial charge in [-0.3, -0.25) is 0 Å². The van der Waals surface area contributed by atoms with E-state index in [1.165, 1.54) is 0 Å². The first-order valence-electron chi connectivity index (χ1n) is 6.26. The van der Waals surface area contributed by atoms with Gasteiger partial charge in [-0.2, -0.15) is 0 Å². The van der Waals surface area contributed by atoms with Crippen molar-refractivity contribution in [2.45, 2.75) is 38.8 Å². The Balaban J connectivity index is 2.72. The highest BCUT2D eigenvalue weighted by molar-refractivity contribution is 6.33. The molecule has 0 amide bonds. The number of ether oxygens (including phenoxy) is 1. The standard InChI is InChI=1S/C14H21Cl2NO/c1-4-17-13(7-10(2)18-3)9-11-8-12(15)5-6-14(11)16/h5-6,8,10,13,17H,4,7,9H2,1-3H3. The average molecular weight is 290 g/mol. The van der Waals surface area contributed by atoms with Crippen molar-refractivity contribution >= 4 is 23.2 Å². The Morgan fingerprint density at radius 2 is 2.06 bits per heavy atom. The average Bonchev–Trinajstić information content (AvgIpc) is 2.34. The van der Waals surface area contributed by atoms with Gasteiger partial charge in [-0.05, 0) is 50.1 Å². The van der Waals surface area contributed by atoms with Gasteiger partial charge >= 0.3 is 0 Å². The molecule has 18 heavy (non-hydrogen) atoms. The summed E-state index contributed by atoms with van der Waals surface area (Å²) in [6.45, 7) is 5.10. The second-order valence-corrected chi connectivity index (χ2v) is 5.32. The van der Waals surface area contributed by atoms with E-state index in [9.17, 15) is 0 Å². The van der Waals surface area contributed by atoms with Gasteiger partial charge in [0, 0.05) is 23.2 Å². The molecule has 1 N–H and O–H groups in total. The van der Waals surface area contributed by atoms with Crippen LogP contribution in [-0.4, -0.2) is 25.8 Å². The summed E-state index contributed by atoms with van der Waals surface area (Å²) in [4.78, 5) is 0. The van der Waals surface area contributed by atoms with Crippen LogP contribution in [0.15, 0.2) is 18.2 Å². The Bertz CT molecular complexity index is 371. The molecule has 1 aromatic carbocycles. The summed E-state index contributed by atoms with van der Waals surface area (Å²) in [6.07, 6.45) is 2.04. The SMILES string of the molecule is CCNC(Cc1cc(Cl)ccc1Cl)CC(C)OC. The highest BCUT2D eigenvalue weighted by Gasteiger charge is 2.14. The van der Waals surface area contributed by atoms with E-state index >= 15 is 0 Å². The third-order valence-corrected chi connectivity index (χ3v) is 3.59. The topological polar surface area (TPSA) is 21.3 Å². The molecule has 2 unspecified atom stereocenters. The monoisotopic (exact) mass is 289 g/mol. The predicted molar refractivity (Wildman–Crippen MR) is 78.7 cm³/mol. The van der Waals surface area contributed by atoms with Crippen LogP contribution < -0.4 is 5.32 Å². The zero-order valence-electron chi connectivity index (χ0n) is 11.2. The zero-order valence-corrected chi connectivity index (χ0v) is 12.7. The minimum Gasteiger partial charge on any atom is -0.382 e. The molecule has 102 valence electrons. The molecule has 1 aromatic rings. The number of halogens is 2. The largest absolute Gasteiger partial charge is 0.382 e. The molecule has 0 aliphatic rings. The van der Waals surface area contributed by atoms with Gasteiger partial charge in [-0.25, -0.2) is 0 Å². The van der Waals surface area contributed by atoms with E-state index in [1.807, 2.05) is 18.2 Å². The molecule has 0 aliphatic heterocycles. The second-order valence-electron chi connectivity index (χ2n) is 4.48. The van der Waals surface area contributed by atoms with E-state index in [2.05, 4.69) is 19.2 Å². The normalized spacial score (nSPS) is 14.5. The fraction of sp³-hybridized carbons (Fsp3) is 0.571. The number of nitrogens with one attached hydrogen (secondary N) is 1. The fourth-order valence-electron chi connectivity index (χ4n) is 1.99. The number of rotatable bonds is 7. The third-order valence-electron chi connectivity index (χ3n) is 2.99. The van der Waals surface area contributed by atoms with Crippen LogP contribution in [0, 0.1) is 0 Å². The third kappa shape index (κ3) is 5.15. The van der Waals surface area contributed by atoms with E-state index in [0.29, 0.717) is 6.04 Å². The summed E-state index contributed by atoms with van der Waals surface area (Å²) in [6, 6.07) is 5.95. The number of likely N-dealkylation sites (N-methyl/N-ethyl adjacent to an activating group) is 1. The fourth-order valence-corrected chi connectivity index (χ4v) is 2.38. The van der Waals surface area contributed by atoms with Crippen LogP contribution >= 0.6 is 23.2 Å². The summed E-state index contributed by atoms with van der Waals surface area (Å²) in [5.74, 6) is 0. The van der Waals surface area contributed by atoms with Crippen molar-refractivity contribution in [1.29, 1.82) is 0 Å². The van der Waals surface area contributed by atoms with Crippen molar-refractivity contribution in [3.63, 3.8) is 0 Å². The van der Waals surface area contributed by atoms with Gasteiger partial charge in [-0.15, -0.1) is 0 Å². The van der Waals surface area contributed by atoms with E-state index < -0.39 is 0 Å². The maximum atomic E-state index is 6.19. The second kappa shape index (κ2) is 8.00. The van der Waals surface area contributed by atoms with Crippen LogP contribution in [0.5, 0.6) is 0 Å². The van der Waals surface area contributed by atoms with Crippen LogP contribution in [0.25, 0.3) is 0 Å². The summed E-state index contributed by atoms with van der Waals surface area (Å²) in [7, 11) is 1.74. The maximum Gasteiger partial charge on any atom is 0.0558 e. The summed E-state index contributed by atoms with van der Waals surface area (Å²) in [5.41, 5.74) is 1.08. The Morgan fingerprint density at radius 3 is 2.67 bits per heavy atom. The Kier molecular flexibility index (Phi) is 7.02. The molecule has 0 spiro atoms. The van der Waals surface area contributed by atoms with Crippen molar-refractivity contribution in [2.75, 3.05) is 13.7 Å². The predicted octanol–water partition coefficient (Wildman–Crippen LogP) is 3.94. The lowest BCUT2D eigenvalue weighted by Crippen LogP contribution is -2.34. The van der Waals surface area contributed by atoms with Gasteiger partial charge in [0.1, 0.15) is 0 Å². The molecule has 2 atom stereocenters. The highest BCUT2D eigenvalue weighted by atomic mass is 35.5. The molecule has 4 heteroatoms. The molecule has 2 nitrogen and oxygen atoms in total. The van der Waals surface area contributed by atoms with Crippen molar-refractivity contribution in [1.82, 2.24) is 5.32 Å². The molecular formula is C14H21Cl2NO. The smallest absolute Gasteiger partial charge is 0.0558 e. The number of benzene rings is 1. The Hall–Kier alpha value is -0.280. The molecule has 0 heterocycles. The van der Waals surface area contributed by atoms with E-state index in [4.69, 9.17) is 27.9 Å². The van der Waals surface area contributed by atoms with Crippen LogP contribution in [0.3, 0.4) is 0 Å². The summed E-state index contributed by atoms with van der Waals surface area (Å²) in [5, 5.41) is 4.96. The number of hydrogen-bond acceptors (Lipinski definition) is 2. The quantitative estimate of drug-likeness (QED) is 0.821. The van der Waals surface area contributed by atoms with Crippen LogP contribution in [0.2, 0.25) is 10.0 Å². The molecule has 0 radical (unpaired) electrons. The van der Waals surface area contributed by atoms with Gasteiger partial charge in [-0.1, -0.05) is 30.1 Å². The first-order valence-corrected chi connectivity index (χ1v) is 7.02. The van der Waals surface area contributed by atoms with Crippen molar-refractivity contribution in [2.24, 2.45) is 0 Å². The molecule has 0 bridgehead atoms. The van der Waals surface area contributed by atoms with Gasteiger partial charge in [0.05, 0.1) is 6.10 Å². The lowest BCUT2D eigenvalue weighted by atomic mass is 10.0. The van der Waals surface area contributed by atoms with Crippen molar-refractivity contribution in [3.05, 3.63) is 33.8 Å². The van der Waals surface area contributed by atoms with Crippen molar-refractivity contribution < 1.29 is 4.74 Å². The summed E-state index contributed by atoms with van der Waals surface area (Å²) >= 11 is 12.2. The molecule has 0 fully saturated rings. The molecule has 1 rings (SSSR count). The van der Waals surface area contributed by atoms with Gasteiger partial charge in [0.2, 0.25) is 0 Å². The zero-order chi connectivity index (χ0) is 13.5. The minimum atomic E-state index is 0.229. The Morgan fingerprint density at radius 1 is 1.33 bits per heavy atom. The van der Waals surface area contributed by atoms with Crippen LogP contribution in [0.1, 0.15) is 25.8 Å². The van der Waals surface area contributed by atoms with Crippen LogP contribution in [0.4, 0.5) is 0 Å². The van der Waals surface area contributed by atoms with Crippen molar-refractivity contribution in [3.8, 4) is 0 Å². The lowest BCUT2D eigenvalue weighted by Gasteiger charge is -2.21. The van der Waals surface area contributed by atoms with Gasteiger partial charge < -0.3 is 10.1 Å². The van der Waals surface area contributed by atoms with Gasteiger partial charge in [0.15, 0.2) is 0 Å². The number of hydrogen-bond donors (Lipinski definition) is 1. The molecule has 0 aromatic heterocycles. The maximum absolute atomic E-state index is 6.19. The first kappa shape index (κ1) is 15.8. The highest BCUT2D eigenvalue weighted by Crippen LogP contribution is 2.22. The van der Waals surface area contributed by atoms with E-state index in [0.717, 1.165) is 35.0 Å². The van der Waals surface area contributed by atoms with E-state index in [1.54, 1.807) is 7.11 Å². The lowest BCUT2D eigenvalue weighted by molar-refractivity contribution is 0.101. The molecule has 0 aliphatic carbocycles. The summed E-state index contributed by atoms with van der Waals surface area (Å²) < 4.78 is 5.32.